The van der Waals surface area contributed by atoms with Crippen LogP contribution in [0.3, 0.4) is 0 Å². The molecule has 1 aromatic rings. The summed E-state index contributed by atoms with van der Waals surface area (Å²) in [6.07, 6.45) is 6.21. The van der Waals surface area contributed by atoms with Crippen molar-refractivity contribution >= 4 is 12.0 Å². The fourth-order valence-corrected chi connectivity index (χ4v) is 2.85. The standard InChI is InChI=1S/C18H22N2O/c1-13-6-5-8-15(10-13)11-16(12-19)18(21)20-17-9-4-3-7-14(17)2/h5-6,8,10-11,14,17H,3-4,7,9H2,1-2H3,(H,20,21)/b16-11+/t14-,17+/m0/s1. The lowest BCUT2D eigenvalue weighted by Gasteiger charge is -2.29. The monoisotopic (exact) mass is 282 g/mol. The Bertz CT molecular complexity index is 583. The number of hydrogen-bond donors (Lipinski definition) is 1. The number of hydrogen-bond acceptors (Lipinski definition) is 2. The summed E-state index contributed by atoms with van der Waals surface area (Å²) in [5.74, 6) is 0.236. The number of rotatable bonds is 3. The third-order valence-electron chi connectivity index (χ3n) is 4.15. The smallest absolute Gasteiger partial charge is 0.262 e. The Labute approximate surface area is 126 Å². The Kier molecular flexibility index (Phi) is 5.16. The Morgan fingerprint density at radius 3 is 2.81 bits per heavy atom. The van der Waals surface area contributed by atoms with Crippen molar-refractivity contribution in [2.45, 2.75) is 45.6 Å². The number of nitrogens with one attached hydrogen (secondary N) is 1. The maximum absolute atomic E-state index is 12.3. The van der Waals surface area contributed by atoms with Gasteiger partial charge in [-0.2, -0.15) is 5.26 Å². The van der Waals surface area contributed by atoms with Crippen molar-refractivity contribution in [3.8, 4) is 6.07 Å². The molecule has 1 aliphatic rings. The molecule has 1 N–H and O–H groups in total. The molecule has 1 aromatic carbocycles. The molecule has 1 saturated carbocycles. The van der Waals surface area contributed by atoms with E-state index in [4.69, 9.17) is 0 Å². The quantitative estimate of drug-likeness (QED) is 0.680. The highest BCUT2D eigenvalue weighted by Gasteiger charge is 2.23. The summed E-state index contributed by atoms with van der Waals surface area (Å²) >= 11 is 0. The Hall–Kier alpha value is -2.08. The SMILES string of the molecule is Cc1cccc(/C=C(\C#N)C(=O)N[C@@H]2CCCC[C@@H]2C)c1. The first-order valence-corrected chi connectivity index (χ1v) is 7.59. The molecular formula is C18H22N2O. The molecule has 110 valence electrons. The number of benzene rings is 1. The number of amides is 1. The second-order valence-corrected chi connectivity index (χ2v) is 5.93. The van der Waals surface area contributed by atoms with Gasteiger partial charge in [0.15, 0.2) is 0 Å². The highest BCUT2D eigenvalue weighted by Crippen LogP contribution is 2.24. The number of carbonyl (C=O) groups excluding carboxylic acids is 1. The largest absolute Gasteiger partial charge is 0.348 e. The maximum atomic E-state index is 12.3. The Balaban J connectivity index is 2.10. The Morgan fingerprint density at radius 2 is 2.14 bits per heavy atom. The summed E-state index contributed by atoms with van der Waals surface area (Å²) in [5.41, 5.74) is 2.18. The van der Waals surface area contributed by atoms with E-state index in [0.717, 1.165) is 30.4 Å². The number of nitriles is 1. The molecule has 1 amide bonds. The summed E-state index contributed by atoms with van der Waals surface area (Å²) in [5, 5.41) is 12.3. The van der Waals surface area contributed by atoms with Crippen molar-refractivity contribution < 1.29 is 4.79 Å². The van der Waals surface area contributed by atoms with Crippen LogP contribution in [0, 0.1) is 24.2 Å². The zero-order chi connectivity index (χ0) is 15.2. The van der Waals surface area contributed by atoms with Gasteiger partial charge in [-0.05, 0) is 37.3 Å². The lowest BCUT2D eigenvalue weighted by atomic mass is 9.86. The fraction of sp³-hybridized carbons (Fsp3) is 0.444. The van der Waals surface area contributed by atoms with Gasteiger partial charge < -0.3 is 5.32 Å². The van der Waals surface area contributed by atoms with Gasteiger partial charge in [-0.25, -0.2) is 0 Å². The van der Waals surface area contributed by atoms with E-state index in [2.05, 4.69) is 12.2 Å². The molecular weight excluding hydrogens is 260 g/mol. The summed E-state index contributed by atoms with van der Waals surface area (Å²) < 4.78 is 0. The summed E-state index contributed by atoms with van der Waals surface area (Å²) in [4.78, 5) is 12.3. The van der Waals surface area contributed by atoms with Gasteiger partial charge >= 0.3 is 0 Å². The van der Waals surface area contributed by atoms with E-state index in [0.29, 0.717) is 5.92 Å². The van der Waals surface area contributed by atoms with Crippen LogP contribution in [0.5, 0.6) is 0 Å². The minimum absolute atomic E-state index is 0.179. The van der Waals surface area contributed by atoms with Gasteiger partial charge in [0, 0.05) is 6.04 Å². The van der Waals surface area contributed by atoms with Gasteiger partial charge in [-0.15, -0.1) is 0 Å². The van der Waals surface area contributed by atoms with Crippen LogP contribution < -0.4 is 5.32 Å². The molecule has 0 aliphatic heterocycles. The average molecular weight is 282 g/mol. The minimum Gasteiger partial charge on any atom is -0.348 e. The predicted octanol–water partition coefficient (Wildman–Crippen LogP) is 3.60. The predicted molar refractivity (Wildman–Crippen MR) is 84.3 cm³/mol. The van der Waals surface area contributed by atoms with Crippen LogP contribution in [0.25, 0.3) is 6.08 Å². The molecule has 1 fully saturated rings. The lowest BCUT2D eigenvalue weighted by Crippen LogP contribution is -2.41. The molecule has 3 nitrogen and oxygen atoms in total. The van der Waals surface area contributed by atoms with Gasteiger partial charge in [0.05, 0.1) is 0 Å². The summed E-state index contributed by atoms with van der Waals surface area (Å²) in [7, 11) is 0. The van der Waals surface area contributed by atoms with Gasteiger partial charge in [-0.3, -0.25) is 4.79 Å². The van der Waals surface area contributed by atoms with E-state index in [1.165, 1.54) is 6.42 Å². The topological polar surface area (TPSA) is 52.9 Å². The van der Waals surface area contributed by atoms with Crippen LogP contribution in [-0.2, 0) is 4.79 Å². The second kappa shape index (κ2) is 7.08. The van der Waals surface area contributed by atoms with E-state index in [-0.39, 0.29) is 17.5 Å². The molecule has 2 atom stereocenters. The lowest BCUT2D eigenvalue weighted by molar-refractivity contribution is -0.118. The molecule has 2 rings (SSSR count). The fourth-order valence-electron chi connectivity index (χ4n) is 2.85. The van der Waals surface area contributed by atoms with E-state index in [1.807, 2.05) is 37.3 Å². The molecule has 0 aromatic heterocycles. The third-order valence-corrected chi connectivity index (χ3v) is 4.15. The van der Waals surface area contributed by atoms with Crippen LogP contribution in [0.2, 0.25) is 0 Å². The van der Waals surface area contributed by atoms with E-state index >= 15 is 0 Å². The number of aryl methyl sites for hydroxylation is 1. The molecule has 3 heteroatoms. The normalized spacial score (nSPS) is 22.4. The average Bonchev–Trinajstić information content (AvgIpc) is 2.47. The van der Waals surface area contributed by atoms with Crippen molar-refractivity contribution in [3.05, 3.63) is 41.0 Å². The first-order valence-electron chi connectivity index (χ1n) is 7.59. The zero-order valence-electron chi connectivity index (χ0n) is 12.7. The maximum Gasteiger partial charge on any atom is 0.262 e. The van der Waals surface area contributed by atoms with Crippen molar-refractivity contribution in [2.24, 2.45) is 5.92 Å². The first kappa shape index (κ1) is 15.3. The van der Waals surface area contributed by atoms with Crippen molar-refractivity contribution in [1.82, 2.24) is 5.32 Å². The van der Waals surface area contributed by atoms with Crippen molar-refractivity contribution in [3.63, 3.8) is 0 Å². The minimum atomic E-state index is -0.252. The van der Waals surface area contributed by atoms with E-state index in [9.17, 15) is 10.1 Å². The first-order chi connectivity index (χ1) is 10.1. The zero-order valence-corrected chi connectivity index (χ0v) is 12.7. The molecule has 0 spiro atoms. The second-order valence-electron chi connectivity index (χ2n) is 5.93. The molecule has 0 saturated heterocycles. The highest BCUT2D eigenvalue weighted by molar-refractivity contribution is 6.01. The van der Waals surface area contributed by atoms with Gasteiger partial charge in [0.25, 0.3) is 5.91 Å². The van der Waals surface area contributed by atoms with Crippen LogP contribution in [0.1, 0.15) is 43.7 Å². The molecule has 21 heavy (non-hydrogen) atoms. The number of carbonyl (C=O) groups is 1. The Morgan fingerprint density at radius 1 is 1.38 bits per heavy atom. The molecule has 0 bridgehead atoms. The van der Waals surface area contributed by atoms with Crippen LogP contribution in [0.4, 0.5) is 0 Å². The van der Waals surface area contributed by atoms with E-state index in [1.54, 1.807) is 6.08 Å². The molecule has 0 heterocycles. The van der Waals surface area contributed by atoms with Crippen LogP contribution in [0.15, 0.2) is 29.8 Å². The van der Waals surface area contributed by atoms with Crippen molar-refractivity contribution in [1.29, 1.82) is 5.26 Å². The van der Waals surface area contributed by atoms with Crippen molar-refractivity contribution in [2.75, 3.05) is 0 Å². The van der Waals surface area contributed by atoms with Gasteiger partial charge in [0.1, 0.15) is 11.6 Å². The molecule has 1 aliphatic carbocycles. The van der Waals surface area contributed by atoms with Crippen LogP contribution in [-0.4, -0.2) is 11.9 Å². The van der Waals surface area contributed by atoms with E-state index < -0.39 is 0 Å². The molecule has 0 unspecified atom stereocenters. The van der Waals surface area contributed by atoms with Gasteiger partial charge in [0.2, 0.25) is 0 Å². The third kappa shape index (κ3) is 4.19. The molecule has 0 radical (unpaired) electrons. The highest BCUT2D eigenvalue weighted by atomic mass is 16.1. The van der Waals surface area contributed by atoms with Crippen LogP contribution >= 0.6 is 0 Å². The number of nitrogens with zero attached hydrogens (tertiary/aromatic N) is 1. The summed E-state index contributed by atoms with van der Waals surface area (Å²) in [6, 6.07) is 10.0. The van der Waals surface area contributed by atoms with Gasteiger partial charge in [-0.1, -0.05) is 49.6 Å². The summed E-state index contributed by atoms with van der Waals surface area (Å²) in [6.45, 7) is 4.16.